The maximum atomic E-state index is 10.7. The van der Waals surface area contributed by atoms with E-state index in [1.807, 2.05) is 0 Å². The number of fused-ring (bicyclic) bond motifs is 1. The molecule has 2 saturated heterocycles. The highest BCUT2D eigenvalue weighted by molar-refractivity contribution is 5.36. The van der Waals surface area contributed by atoms with Crippen molar-refractivity contribution in [1.29, 1.82) is 0 Å². The lowest BCUT2D eigenvalue weighted by molar-refractivity contribution is -0.384. The van der Waals surface area contributed by atoms with Gasteiger partial charge in [-0.25, -0.2) is 0 Å². The monoisotopic (exact) mass is 341 g/mol. The number of non-ortho nitro benzene ring substituents is 1. The highest BCUT2D eigenvalue weighted by Gasteiger charge is 2.56. The van der Waals surface area contributed by atoms with E-state index >= 15 is 0 Å². The lowest BCUT2D eigenvalue weighted by Gasteiger charge is -2.39. The van der Waals surface area contributed by atoms with Gasteiger partial charge in [0.25, 0.3) is 5.69 Å². The molecule has 9 nitrogen and oxygen atoms in total. The molecule has 9 heteroatoms. The van der Waals surface area contributed by atoms with Crippen molar-refractivity contribution in [2.24, 2.45) is 0 Å². The van der Waals surface area contributed by atoms with Gasteiger partial charge in [-0.05, 0) is 26.0 Å². The minimum atomic E-state index is -1.34. The molecule has 0 aliphatic carbocycles. The van der Waals surface area contributed by atoms with Gasteiger partial charge < -0.3 is 29.2 Å². The van der Waals surface area contributed by atoms with Crippen LogP contribution in [0.4, 0.5) is 5.69 Å². The highest BCUT2D eigenvalue weighted by atomic mass is 16.8. The Balaban J connectivity index is 1.80. The highest BCUT2D eigenvalue weighted by Crippen LogP contribution is 2.38. The molecule has 2 fully saturated rings. The summed E-state index contributed by atoms with van der Waals surface area (Å²) in [6.45, 7) is 3.10. The number of aliphatic hydroxyl groups is 2. The molecule has 3 rings (SSSR count). The summed E-state index contributed by atoms with van der Waals surface area (Å²) in [4.78, 5) is 10.2. The summed E-state index contributed by atoms with van der Waals surface area (Å²) in [5.41, 5.74) is -0.0670. The molecule has 2 aliphatic rings. The third kappa shape index (κ3) is 3.21. The van der Waals surface area contributed by atoms with E-state index in [9.17, 15) is 20.3 Å². The second-order valence-corrected chi connectivity index (χ2v) is 6.15. The van der Waals surface area contributed by atoms with Crippen LogP contribution in [0.2, 0.25) is 0 Å². The number of nitro groups is 1. The van der Waals surface area contributed by atoms with E-state index in [0.29, 0.717) is 5.75 Å². The summed E-state index contributed by atoms with van der Waals surface area (Å²) < 4.78 is 22.6. The van der Waals surface area contributed by atoms with Gasteiger partial charge >= 0.3 is 0 Å². The van der Waals surface area contributed by atoms with Gasteiger partial charge in [0, 0.05) is 12.1 Å². The Bertz CT molecular complexity index is 604. The molecule has 2 aliphatic heterocycles. The van der Waals surface area contributed by atoms with Gasteiger partial charge in [-0.2, -0.15) is 0 Å². The van der Waals surface area contributed by atoms with E-state index in [-0.39, 0.29) is 12.3 Å². The van der Waals surface area contributed by atoms with Crippen molar-refractivity contribution in [1.82, 2.24) is 0 Å². The second kappa shape index (κ2) is 6.26. The molecule has 0 bridgehead atoms. The van der Waals surface area contributed by atoms with Crippen LogP contribution in [-0.2, 0) is 14.2 Å². The molecule has 24 heavy (non-hydrogen) atoms. The fraction of sp³-hybridized carbons (Fsp3) is 0.600. The predicted octanol–water partition coefficient (Wildman–Crippen LogP) is 0.572. The lowest BCUT2D eigenvalue weighted by atomic mass is 9.99. The molecular weight excluding hydrogens is 322 g/mol. The smallest absolute Gasteiger partial charge is 0.269 e. The fourth-order valence-electron chi connectivity index (χ4n) is 2.93. The zero-order chi connectivity index (χ0) is 17.5. The number of ether oxygens (including phenoxy) is 4. The predicted molar refractivity (Wildman–Crippen MR) is 79.3 cm³/mol. The molecule has 2 heterocycles. The SMILES string of the molecule is CC1(C)O[C@@H]2[C@@H](Oc3ccc([N+](=O)[O-])cc3)[C@H](O)O[C@H](CO)[C@@H]2O1. The number of hydrogen-bond donors (Lipinski definition) is 2. The Morgan fingerprint density at radius 3 is 2.46 bits per heavy atom. The minimum absolute atomic E-state index is 0.0670. The number of nitro benzene ring substituents is 1. The Morgan fingerprint density at radius 2 is 1.88 bits per heavy atom. The second-order valence-electron chi connectivity index (χ2n) is 6.15. The first-order chi connectivity index (χ1) is 11.3. The first kappa shape index (κ1) is 17.1. The van der Waals surface area contributed by atoms with Crippen LogP contribution >= 0.6 is 0 Å². The summed E-state index contributed by atoms with van der Waals surface area (Å²) >= 11 is 0. The van der Waals surface area contributed by atoms with Crippen molar-refractivity contribution in [3.8, 4) is 5.75 Å². The molecule has 0 spiro atoms. The van der Waals surface area contributed by atoms with Crippen molar-refractivity contribution < 1.29 is 34.1 Å². The van der Waals surface area contributed by atoms with Crippen molar-refractivity contribution in [2.45, 2.75) is 50.3 Å². The molecular formula is C15H19NO8. The molecule has 0 aromatic heterocycles. The number of benzene rings is 1. The summed E-state index contributed by atoms with van der Waals surface area (Å²) in [5, 5.41) is 30.3. The van der Waals surface area contributed by atoms with Crippen LogP contribution in [-0.4, -0.2) is 58.2 Å². The molecule has 2 N–H and O–H groups in total. The molecule has 0 amide bonds. The Labute approximate surface area is 137 Å². The largest absolute Gasteiger partial charge is 0.482 e. The molecule has 0 saturated carbocycles. The Morgan fingerprint density at radius 1 is 1.25 bits per heavy atom. The lowest BCUT2D eigenvalue weighted by Crippen LogP contribution is -2.59. The average molecular weight is 341 g/mol. The van der Waals surface area contributed by atoms with Gasteiger partial charge in [-0.1, -0.05) is 0 Å². The zero-order valence-corrected chi connectivity index (χ0v) is 13.2. The van der Waals surface area contributed by atoms with E-state index in [1.54, 1.807) is 13.8 Å². The normalized spacial score (nSPS) is 34.6. The van der Waals surface area contributed by atoms with Gasteiger partial charge in [-0.3, -0.25) is 10.1 Å². The fourth-order valence-corrected chi connectivity index (χ4v) is 2.93. The maximum Gasteiger partial charge on any atom is 0.269 e. The molecule has 0 radical (unpaired) electrons. The van der Waals surface area contributed by atoms with E-state index in [4.69, 9.17) is 18.9 Å². The van der Waals surface area contributed by atoms with E-state index in [2.05, 4.69) is 0 Å². The molecule has 5 atom stereocenters. The summed E-state index contributed by atoms with van der Waals surface area (Å²) in [6.07, 6.45) is -4.23. The average Bonchev–Trinajstić information content (AvgIpc) is 2.85. The van der Waals surface area contributed by atoms with Gasteiger partial charge in [0.2, 0.25) is 0 Å². The quantitative estimate of drug-likeness (QED) is 0.602. The summed E-state index contributed by atoms with van der Waals surface area (Å²) in [5.74, 6) is -0.587. The van der Waals surface area contributed by atoms with Crippen LogP contribution in [0.5, 0.6) is 5.75 Å². The van der Waals surface area contributed by atoms with Gasteiger partial charge in [0.15, 0.2) is 18.2 Å². The molecule has 0 unspecified atom stereocenters. The van der Waals surface area contributed by atoms with E-state index in [0.717, 1.165) is 0 Å². The van der Waals surface area contributed by atoms with Crippen LogP contribution in [0.3, 0.4) is 0 Å². The topological polar surface area (TPSA) is 121 Å². The van der Waals surface area contributed by atoms with E-state index < -0.39 is 41.4 Å². The third-order valence-electron chi connectivity index (χ3n) is 3.95. The number of hydrogen-bond acceptors (Lipinski definition) is 8. The third-order valence-corrected chi connectivity index (χ3v) is 3.95. The summed E-state index contributed by atoms with van der Waals surface area (Å²) in [7, 11) is 0. The van der Waals surface area contributed by atoms with Crippen molar-refractivity contribution >= 4 is 5.69 Å². The van der Waals surface area contributed by atoms with Crippen molar-refractivity contribution in [2.75, 3.05) is 6.61 Å². The summed E-state index contributed by atoms with van der Waals surface area (Å²) in [6, 6.07) is 5.46. The van der Waals surface area contributed by atoms with Crippen LogP contribution in [0.15, 0.2) is 24.3 Å². The van der Waals surface area contributed by atoms with Gasteiger partial charge in [-0.15, -0.1) is 0 Å². The molecule has 132 valence electrons. The van der Waals surface area contributed by atoms with Gasteiger partial charge in [0.1, 0.15) is 24.1 Å². The molecule has 1 aromatic rings. The zero-order valence-electron chi connectivity index (χ0n) is 13.2. The number of nitrogens with zero attached hydrogens (tertiary/aromatic N) is 1. The van der Waals surface area contributed by atoms with Crippen molar-refractivity contribution in [3.05, 3.63) is 34.4 Å². The van der Waals surface area contributed by atoms with Crippen LogP contribution in [0.25, 0.3) is 0 Å². The van der Waals surface area contributed by atoms with Gasteiger partial charge in [0.05, 0.1) is 11.5 Å². The standard InChI is InChI=1S/C15H19NO8/c1-15(2)23-11-10(7-17)22-14(18)13(12(11)24-15)21-9-5-3-8(4-6-9)16(19)20/h3-6,10-14,17-18H,7H2,1-2H3/t10-,11+,12+,13-,14-/m1/s1. The first-order valence-corrected chi connectivity index (χ1v) is 7.52. The molecule has 1 aromatic carbocycles. The van der Waals surface area contributed by atoms with Crippen molar-refractivity contribution in [3.63, 3.8) is 0 Å². The van der Waals surface area contributed by atoms with Crippen LogP contribution in [0.1, 0.15) is 13.8 Å². The minimum Gasteiger partial charge on any atom is -0.482 e. The Hall–Kier alpha value is -1.78. The first-order valence-electron chi connectivity index (χ1n) is 7.52. The number of rotatable bonds is 4. The maximum absolute atomic E-state index is 10.7. The Kier molecular flexibility index (Phi) is 4.45. The van der Waals surface area contributed by atoms with E-state index in [1.165, 1.54) is 24.3 Å². The van der Waals surface area contributed by atoms with Crippen LogP contribution in [0, 0.1) is 10.1 Å². The van der Waals surface area contributed by atoms with Crippen LogP contribution < -0.4 is 4.74 Å². The number of aliphatic hydroxyl groups excluding tert-OH is 2.